The molecule has 1 aromatic rings. The Bertz CT molecular complexity index is 626. The monoisotopic (exact) mass is 358 g/mol. The third kappa shape index (κ3) is 3.98. The molecule has 0 radical (unpaired) electrons. The Morgan fingerprint density at radius 1 is 0.923 bits per heavy atom. The quantitative estimate of drug-likeness (QED) is 0.831. The molecule has 0 spiro atoms. The van der Waals surface area contributed by atoms with Gasteiger partial charge in [0.25, 0.3) is 0 Å². The first-order chi connectivity index (χ1) is 12.8. The Kier molecular flexibility index (Phi) is 5.63. The van der Waals surface area contributed by atoms with Gasteiger partial charge in [0.1, 0.15) is 13.2 Å². The Labute approximate surface area is 156 Å². The van der Waals surface area contributed by atoms with Gasteiger partial charge < -0.3 is 14.4 Å². The standard InChI is InChI=1S/C21H30N2O3/c24-21(22-10-4-2-1-3-5-11-22)16-23-12-6-7-18(23)17-8-9-19-20(15-17)26-14-13-25-19/h8-9,15,18H,1-7,10-14,16H2. The lowest BCUT2D eigenvalue weighted by Gasteiger charge is -2.30. The molecule has 3 heterocycles. The molecule has 2 saturated heterocycles. The van der Waals surface area contributed by atoms with Crippen LogP contribution in [0.1, 0.15) is 56.6 Å². The maximum Gasteiger partial charge on any atom is 0.236 e. The second kappa shape index (κ2) is 8.30. The van der Waals surface area contributed by atoms with Crippen molar-refractivity contribution >= 4 is 5.91 Å². The number of carbonyl (C=O) groups is 1. The van der Waals surface area contributed by atoms with Gasteiger partial charge in [-0.3, -0.25) is 9.69 Å². The van der Waals surface area contributed by atoms with Crippen LogP contribution in [-0.2, 0) is 4.79 Å². The van der Waals surface area contributed by atoms with Crippen LogP contribution in [0.25, 0.3) is 0 Å². The van der Waals surface area contributed by atoms with Crippen LogP contribution in [0.4, 0.5) is 0 Å². The Morgan fingerprint density at radius 3 is 2.46 bits per heavy atom. The summed E-state index contributed by atoms with van der Waals surface area (Å²) in [7, 11) is 0. The molecule has 1 atom stereocenters. The van der Waals surface area contributed by atoms with Gasteiger partial charge in [-0.2, -0.15) is 0 Å². The predicted octanol–water partition coefficient (Wildman–Crippen LogP) is 3.39. The number of rotatable bonds is 3. The topological polar surface area (TPSA) is 42.0 Å². The van der Waals surface area contributed by atoms with E-state index in [0.29, 0.717) is 31.7 Å². The van der Waals surface area contributed by atoms with Crippen molar-refractivity contribution < 1.29 is 14.3 Å². The number of amides is 1. The Morgan fingerprint density at radius 2 is 1.65 bits per heavy atom. The van der Waals surface area contributed by atoms with Crippen LogP contribution in [0, 0.1) is 0 Å². The molecule has 0 bridgehead atoms. The maximum absolute atomic E-state index is 12.9. The minimum absolute atomic E-state index is 0.302. The number of ether oxygens (including phenoxy) is 2. The highest BCUT2D eigenvalue weighted by Gasteiger charge is 2.30. The van der Waals surface area contributed by atoms with E-state index >= 15 is 0 Å². The van der Waals surface area contributed by atoms with Gasteiger partial charge in [0, 0.05) is 19.1 Å². The minimum Gasteiger partial charge on any atom is -0.486 e. The molecule has 0 saturated carbocycles. The summed E-state index contributed by atoms with van der Waals surface area (Å²) in [5, 5.41) is 0. The molecule has 5 nitrogen and oxygen atoms in total. The van der Waals surface area contributed by atoms with E-state index in [9.17, 15) is 4.79 Å². The van der Waals surface area contributed by atoms with Gasteiger partial charge in [0.2, 0.25) is 5.91 Å². The van der Waals surface area contributed by atoms with Crippen molar-refractivity contribution in [3.05, 3.63) is 23.8 Å². The van der Waals surface area contributed by atoms with E-state index < -0.39 is 0 Å². The average Bonchev–Trinajstić information content (AvgIpc) is 3.09. The van der Waals surface area contributed by atoms with E-state index in [0.717, 1.165) is 56.8 Å². The Balaban J connectivity index is 1.42. The van der Waals surface area contributed by atoms with Crippen LogP contribution < -0.4 is 9.47 Å². The summed E-state index contributed by atoms with van der Waals surface area (Å²) >= 11 is 0. The van der Waals surface area contributed by atoms with Crippen LogP contribution in [0.5, 0.6) is 11.5 Å². The van der Waals surface area contributed by atoms with Crippen LogP contribution in [-0.4, -0.2) is 55.1 Å². The van der Waals surface area contributed by atoms with Crippen molar-refractivity contribution in [2.75, 3.05) is 39.4 Å². The number of fused-ring (bicyclic) bond motifs is 1. The third-order valence-electron chi connectivity index (χ3n) is 5.86. The van der Waals surface area contributed by atoms with Crippen molar-refractivity contribution in [2.24, 2.45) is 0 Å². The number of benzene rings is 1. The van der Waals surface area contributed by atoms with Crippen molar-refractivity contribution in [3.8, 4) is 11.5 Å². The lowest BCUT2D eigenvalue weighted by molar-refractivity contribution is -0.133. The molecule has 1 amide bonds. The highest BCUT2D eigenvalue weighted by Crippen LogP contribution is 2.38. The molecule has 1 unspecified atom stereocenters. The molecule has 3 aliphatic heterocycles. The van der Waals surface area contributed by atoms with E-state index in [2.05, 4.69) is 21.9 Å². The van der Waals surface area contributed by atoms with Gasteiger partial charge in [-0.1, -0.05) is 25.3 Å². The summed E-state index contributed by atoms with van der Waals surface area (Å²) in [5.74, 6) is 1.98. The number of carbonyl (C=O) groups excluding carboxylic acids is 1. The lowest BCUT2D eigenvalue weighted by Crippen LogP contribution is -2.41. The highest BCUT2D eigenvalue weighted by molar-refractivity contribution is 5.78. The number of hydrogen-bond acceptors (Lipinski definition) is 4. The molecule has 0 N–H and O–H groups in total. The zero-order valence-corrected chi connectivity index (χ0v) is 15.6. The fourth-order valence-corrected chi connectivity index (χ4v) is 4.43. The van der Waals surface area contributed by atoms with E-state index in [1.807, 2.05) is 6.07 Å². The second-order valence-electron chi connectivity index (χ2n) is 7.68. The molecule has 142 valence electrons. The van der Waals surface area contributed by atoms with E-state index in [-0.39, 0.29) is 0 Å². The summed E-state index contributed by atoms with van der Waals surface area (Å²) in [4.78, 5) is 17.3. The third-order valence-corrected chi connectivity index (χ3v) is 5.86. The summed E-state index contributed by atoms with van der Waals surface area (Å²) in [6.45, 7) is 4.63. The lowest BCUT2D eigenvalue weighted by atomic mass is 10.0. The fraction of sp³-hybridized carbons (Fsp3) is 0.667. The van der Waals surface area contributed by atoms with E-state index in [1.165, 1.54) is 24.8 Å². The normalized spacial score (nSPS) is 24.2. The maximum atomic E-state index is 12.9. The minimum atomic E-state index is 0.302. The Hall–Kier alpha value is -1.75. The van der Waals surface area contributed by atoms with Gasteiger partial charge in [-0.25, -0.2) is 0 Å². The van der Waals surface area contributed by atoms with Gasteiger partial charge in [0.05, 0.1) is 6.54 Å². The summed E-state index contributed by atoms with van der Waals surface area (Å²) < 4.78 is 11.4. The van der Waals surface area contributed by atoms with Crippen LogP contribution in [0.15, 0.2) is 18.2 Å². The summed E-state index contributed by atoms with van der Waals surface area (Å²) in [6, 6.07) is 6.57. The van der Waals surface area contributed by atoms with Gasteiger partial charge in [0.15, 0.2) is 11.5 Å². The smallest absolute Gasteiger partial charge is 0.236 e. The van der Waals surface area contributed by atoms with Gasteiger partial charge in [-0.05, 0) is 49.9 Å². The SMILES string of the molecule is O=C(CN1CCCC1c1ccc2c(c1)OCCO2)N1CCCCCCC1. The molecule has 1 aromatic carbocycles. The summed E-state index contributed by atoms with van der Waals surface area (Å²) in [6.07, 6.45) is 8.38. The van der Waals surface area contributed by atoms with Crippen molar-refractivity contribution in [3.63, 3.8) is 0 Å². The first-order valence-electron chi connectivity index (χ1n) is 10.2. The van der Waals surface area contributed by atoms with Crippen LogP contribution in [0.2, 0.25) is 0 Å². The van der Waals surface area contributed by atoms with Crippen LogP contribution in [0.3, 0.4) is 0 Å². The zero-order chi connectivity index (χ0) is 17.8. The molecule has 3 aliphatic rings. The fourth-order valence-electron chi connectivity index (χ4n) is 4.43. The predicted molar refractivity (Wildman–Crippen MR) is 101 cm³/mol. The second-order valence-corrected chi connectivity index (χ2v) is 7.68. The molecule has 5 heteroatoms. The summed E-state index contributed by atoms with van der Waals surface area (Å²) in [5.41, 5.74) is 1.24. The van der Waals surface area contributed by atoms with E-state index in [1.54, 1.807) is 0 Å². The van der Waals surface area contributed by atoms with Crippen molar-refractivity contribution in [1.82, 2.24) is 9.80 Å². The molecular formula is C21H30N2O3. The zero-order valence-electron chi connectivity index (χ0n) is 15.6. The average molecular weight is 358 g/mol. The highest BCUT2D eigenvalue weighted by atomic mass is 16.6. The van der Waals surface area contributed by atoms with Crippen molar-refractivity contribution in [2.45, 2.75) is 51.0 Å². The van der Waals surface area contributed by atoms with Gasteiger partial charge in [-0.15, -0.1) is 0 Å². The molecule has 0 aromatic heterocycles. The first-order valence-corrected chi connectivity index (χ1v) is 10.2. The number of nitrogens with zero attached hydrogens (tertiary/aromatic N) is 2. The number of hydrogen-bond donors (Lipinski definition) is 0. The van der Waals surface area contributed by atoms with E-state index in [4.69, 9.17) is 9.47 Å². The van der Waals surface area contributed by atoms with Gasteiger partial charge >= 0.3 is 0 Å². The molecule has 0 aliphatic carbocycles. The first kappa shape index (κ1) is 17.7. The molecule has 26 heavy (non-hydrogen) atoms. The van der Waals surface area contributed by atoms with Crippen LogP contribution >= 0.6 is 0 Å². The molecule has 4 rings (SSSR count). The number of likely N-dealkylation sites (tertiary alicyclic amines) is 2. The molecular weight excluding hydrogens is 328 g/mol. The molecule has 2 fully saturated rings. The van der Waals surface area contributed by atoms with Crippen molar-refractivity contribution in [1.29, 1.82) is 0 Å². The largest absolute Gasteiger partial charge is 0.486 e.